The molecule has 0 saturated heterocycles. The molecule has 2 N–H and O–H groups in total. The number of nitrogens with zero attached hydrogens (tertiary/aromatic N) is 1. The standard InChI is InChI=1S/C23H25N3O2/c1-3-26(17(2)27)16-19-10-5-7-13-21(19)24-15-23(28)25-22-14-8-11-18-9-4-6-12-20(18)22/h4-14,24H,3,15-16H2,1-2H3,(H,25,28). The van der Waals surface area contributed by atoms with Crippen LogP contribution in [0.4, 0.5) is 11.4 Å². The van der Waals surface area contributed by atoms with E-state index in [9.17, 15) is 9.59 Å². The summed E-state index contributed by atoms with van der Waals surface area (Å²) >= 11 is 0. The average molecular weight is 375 g/mol. The van der Waals surface area contributed by atoms with E-state index in [0.29, 0.717) is 13.1 Å². The van der Waals surface area contributed by atoms with Gasteiger partial charge in [0.15, 0.2) is 0 Å². The van der Waals surface area contributed by atoms with Gasteiger partial charge in [-0.3, -0.25) is 9.59 Å². The third kappa shape index (κ3) is 4.68. The Labute approximate surface area is 165 Å². The lowest BCUT2D eigenvalue weighted by Gasteiger charge is -2.21. The summed E-state index contributed by atoms with van der Waals surface area (Å²) < 4.78 is 0. The number of anilines is 2. The molecule has 0 aliphatic carbocycles. The van der Waals surface area contributed by atoms with Crippen LogP contribution in [0.2, 0.25) is 0 Å². The molecular formula is C23H25N3O2. The molecular weight excluding hydrogens is 350 g/mol. The lowest BCUT2D eigenvalue weighted by atomic mass is 10.1. The molecule has 5 heteroatoms. The number of amides is 2. The van der Waals surface area contributed by atoms with Crippen molar-refractivity contribution >= 4 is 34.0 Å². The Balaban J connectivity index is 1.67. The molecule has 0 fully saturated rings. The summed E-state index contributed by atoms with van der Waals surface area (Å²) in [5.74, 6) is -0.0870. The van der Waals surface area contributed by atoms with E-state index >= 15 is 0 Å². The third-order valence-electron chi connectivity index (χ3n) is 4.71. The molecule has 0 saturated carbocycles. The van der Waals surface area contributed by atoms with Gasteiger partial charge in [-0.05, 0) is 30.0 Å². The maximum Gasteiger partial charge on any atom is 0.243 e. The van der Waals surface area contributed by atoms with Crippen LogP contribution in [0.5, 0.6) is 0 Å². The minimum absolute atomic E-state index is 0.0333. The van der Waals surface area contributed by atoms with Crippen molar-refractivity contribution in [1.29, 1.82) is 0 Å². The number of hydrogen-bond acceptors (Lipinski definition) is 3. The number of para-hydroxylation sites is 1. The molecule has 3 aromatic rings. The van der Waals surface area contributed by atoms with Gasteiger partial charge in [-0.25, -0.2) is 0 Å². The number of hydrogen-bond donors (Lipinski definition) is 2. The summed E-state index contributed by atoms with van der Waals surface area (Å²) in [7, 11) is 0. The first kappa shape index (κ1) is 19.4. The van der Waals surface area contributed by atoms with E-state index in [2.05, 4.69) is 10.6 Å². The molecule has 3 rings (SSSR count). The SMILES string of the molecule is CCN(Cc1ccccc1NCC(=O)Nc1cccc2ccccc12)C(C)=O. The van der Waals surface area contributed by atoms with Crippen LogP contribution in [-0.2, 0) is 16.1 Å². The van der Waals surface area contributed by atoms with Crippen molar-refractivity contribution in [3.63, 3.8) is 0 Å². The fourth-order valence-corrected chi connectivity index (χ4v) is 3.19. The van der Waals surface area contributed by atoms with Crippen LogP contribution in [0.15, 0.2) is 66.7 Å². The molecule has 3 aromatic carbocycles. The molecule has 0 spiro atoms. The number of carbonyl (C=O) groups excluding carboxylic acids is 2. The van der Waals surface area contributed by atoms with Gasteiger partial charge in [-0.15, -0.1) is 0 Å². The van der Waals surface area contributed by atoms with Gasteiger partial charge in [0.2, 0.25) is 11.8 Å². The Kier molecular flexibility index (Phi) is 6.27. The fourth-order valence-electron chi connectivity index (χ4n) is 3.19. The highest BCUT2D eigenvalue weighted by Crippen LogP contribution is 2.23. The van der Waals surface area contributed by atoms with Gasteiger partial charge in [0, 0.05) is 36.8 Å². The number of rotatable bonds is 7. The second-order valence-corrected chi connectivity index (χ2v) is 6.62. The van der Waals surface area contributed by atoms with Crippen LogP contribution >= 0.6 is 0 Å². The highest BCUT2D eigenvalue weighted by Gasteiger charge is 2.11. The number of carbonyl (C=O) groups is 2. The van der Waals surface area contributed by atoms with E-state index in [4.69, 9.17) is 0 Å². The third-order valence-corrected chi connectivity index (χ3v) is 4.71. The van der Waals surface area contributed by atoms with Crippen molar-refractivity contribution in [2.45, 2.75) is 20.4 Å². The molecule has 28 heavy (non-hydrogen) atoms. The Morgan fingerprint density at radius 2 is 1.57 bits per heavy atom. The predicted octanol–water partition coefficient (Wildman–Crippen LogP) is 4.26. The lowest BCUT2D eigenvalue weighted by Crippen LogP contribution is -2.28. The molecule has 0 bridgehead atoms. The highest BCUT2D eigenvalue weighted by molar-refractivity contribution is 6.03. The van der Waals surface area contributed by atoms with E-state index in [1.807, 2.05) is 73.7 Å². The number of benzene rings is 3. The summed E-state index contributed by atoms with van der Waals surface area (Å²) in [6.07, 6.45) is 0. The minimum atomic E-state index is -0.120. The van der Waals surface area contributed by atoms with Crippen molar-refractivity contribution in [2.24, 2.45) is 0 Å². The van der Waals surface area contributed by atoms with Crippen molar-refractivity contribution < 1.29 is 9.59 Å². The molecule has 144 valence electrons. The molecule has 2 amide bonds. The fraction of sp³-hybridized carbons (Fsp3) is 0.217. The smallest absolute Gasteiger partial charge is 0.243 e. The summed E-state index contributed by atoms with van der Waals surface area (Å²) in [5.41, 5.74) is 2.64. The van der Waals surface area contributed by atoms with E-state index in [1.165, 1.54) is 0 Å². The van der Waals surface area contributed by atoms with Crippen LogP contribution < -0.4 is 10.6 Å². The summed E-state index contributed by atoms with van der Waals surface area (Å²) in [5, 5.41) is 8.28. The second kappa shape index (κ2) is 9.04. The quantitative estimate of drug-likeness (QED) is 0.649. The monoisotopic (exact) mass is 375 g/mol. The van der Waals surface area contributed by atoms with E-state index in [-0.39, 0.29) is 18.4 Å². The summed E-state index contributed by atoms with van der Waals surface area (Å²) in [6, 6.07) is 21.6. The van der Waals surface area contributed by atoms with Crippen molar-refractivity contribution in [3.8, 4) is 0 Å². The van der Waals surface area contributed by atoms with Crippen LogP contribution in [0.1, 0.15) is 19.4 Å². The highest BCUT2D eigenvalue weighted by atomic mass is 16.2. The Bertz CT molecular complexity index is 979. The van der Waals surface area contributed by atoms with Gasteiger partial charge in [0.25, 0.3) is 0 Å². The Hall–Kier alpha value is -3.34. The van der Waals surface area contributed by atoms with Crippen LogP contribution in [0.3, 0.4) is 0 Å². The van der Waals surface area contributed by atoms with Crippen LogP contribution in [0.25, 0.3) is 10.8 Å². The first-order valence-corrected chi connectivity index (χ1v) is 9.43. The van der Waals surface area contributed by atoms with Crippen molar-refractivity contribution in [3.05, 3.63) is 72.3 Å². The van der Waals surface area contributed by atoms with E-state index in [1.54, 1.807) is 11.8 Å². The topological polar surface area (TPSA) is 61.4 Å². The van der Waals surface area contributed by atoms with Gasteiger partial charge >= 0.3 is 0 Å². The maximum absolute atomic E-state index is 12.5. The van der Waals surface area contributed by atoms with Crippen LogP contribution in [-0.4, -0.2) is 29.8 Å². The molecule has 0 atom stereocenters. The van der Waals surface area contributed by atoms with Gasteiger partial charge in [-0.2, -0.15) is 0 Å². The van der Waals surface area contributed by atoms with E-state index in [0.717, 1.165) is 27.7 Å². The molecule has 0 aliphatic heterocycles. The Morgan fingerprint density at radius 1 is 0.893 bits per heavy atom. The zero-order valence-electron chi connectivity index (χ0n) is 16.2. The zero-order chi connectivity index (χ0) is 19.9. The van der Waals surface area contributed by atoms with Gasteiger partial charge in [-0.1, -0.05) is 54.6 Å². The van der Waals surface area contributed by atoms with E-state index < -0.39 is 0 Å². The molecule has 0 radical (unpaired) electrons. The Morgan fingerprint density at radius 3 is 2.36 bits per heavy atom. The number of fused-ring (bicyclic) bond motifs is 1. The van der Waals surface area contributed by atoms with Gasteiger partial charge in [0.05, 0.1) is 6.54 Å². The maximum atomic E-state index is 12.5. The first-order valence-electron chi connectivity index (χ1n) is 9.43. The van der Waals surface area contributed by atoms with Crippen molar-refractivity contribution in [1.82, 2.24) is 4.90 Å². The average Bonchev–Trinajstić information content (AvgIpc) is 2.71. The molecule has 0 heterocycles. The molecule has 0 aliphatic rings. The molecule has 5 nitrogen and oxygen atoms in total. The second-order valence-electron chi connectivity index (χ2n) is 6.62. The first-order chi connectivity index (χ1) is 13.6. The lowest BCUT2D eigenvalue weighted by molar-refractivity contribution is -0.129. The minimum Gasteiger partial charge on any atom is -0.376 e. The predicted molar refractivity (Wildman–Crippen MR) is 114 cm³/mol. The summed E-state index contributed by atoms with van der Waals surface area (Å²) in [6.45, 7) is 4.82. The zero-order valence-corrected chi connectivity index (χ0v) is 16.2. The largest absolute Gasteiger partial charge is 0.376 e. The van der Waals surface area contributed by atoms with Crippen molar-refractivity contribution in [2.75, 3.05) is 23.7 Å². The van der Waals surface area contributed by atoms with Gasteiger partial charge < -0.3 is 15.5 Å². The molecule has 0 aromatic heterocycles. The summed E-state index contributed by atoms with van der Waals surface area (Å²) in [4.78, 5) is 26.0. The van der Waals surface area contributed by atoms with Gasteiger partial charge in [0.1, 0.15) is 0 Å². The molecule has 0 unspecified atom stereocenters. The normalized spacial score (nSPS) is 10.5. The number of nitrogens with one attached hydrogen (secondary N) is 2. The van der Waals surface area contributed by atoms with Crippen LogP contribution in [0, 0.1) is 0 Å².